The third kappa shape index (κ3) is 2.95. The van der Waals surface area contributed by atoms with Crippen LogP contribution in [-0.4, -0.2) is 36.5 Å². The Hall–Kier alpha value is -2.89. The number of nitro benzene ring substituents is 1. The smallest absolute Gasteiger partial charge is 0.269 e. The molecule has 1 aliphatic rings. The van der Waals surface area contributed by atoms with E-state index in [4.69, 9.17) is 4.74 Å². The van der Waals surface area contributed by atoms with Crippen LogP contribution in [-0.2, 0) is 0 Å². The van der Waals surface area contributed by atoms with E-state index in [1.54, 1.807) is 19.2 Å². The van der Waals surface area contributed by atoms with Crippen LogP contribution in [0.4, 0.5) is 11.4 Å². The number of anilines is 1. The van der Waals surface area contributed by atoms with Gasteiger partial charge in [0.05, 0.1) is 26.1 Å². The van der Waals surface area contributed by atoms with Crippen molar-refractivity contribution in [2.75, 3.05) is 26.1 Å². The van der Waals surface area contributed by atoms with Gasteiger partial charge in [-0.3, -0.25) is 14.7 Å². The zero-order chi connectivity index (χ0) is 18.1. The number of nitro groups is 1. The first-order valence-corrected chi connectivity index (χ1v) is 8.16. The van der Waals surface area contributed by atoms with Crippen molar-refractivity contribution < 1.29 is 14.2 Å². The predicted molar refractivity (Wildman–Crippen MR) is 97.6 cm³/mol. The van der Waals surface area contributed by atoms with Crippen molar-refractivity contribution in [2.45, 2.75) is 13.0 Å². The summed E-state index contributed by atoms with van der Waals surface area (Å²) in [6, 6.07) is 15.0. The van der Waals surface area contributed by atoms with Gasteiger partial charge in [-0.1, -0.05) is 12.1 Å². The molecule has 2 unspecified atom stereocenters. The molecular formula is C19H22N3O3+. The van der Waals surface area contributed by atoms with E-state index in [0.717, 1.165) is 11.4 Å². The summed E-state index contributed by atoms with van der Waals surface area (Å²) >= 11 is 0. The molecule has 1 heterocycles. The average molecular weight is 340 g/mol. The highest BCUT2D eigenvalue weighted by atomic mass is 16.6. The van der Waals surface area contributed by atoms with Gasteiger partial charge >= 0.3 is 0 Å². The second-order valence-corrected chi connectivity index (χ2v) is 6.40. The number of hydrogen-bond acceptors (Lipinski definition) is 3. The lowest BCUT2D eigenvalue weighted by atomic mass is 9.82. The summed E-state index contributed by atoms with van der Waals surface area (Å²) in [7, 11) is 5.70. The molecule has 2 atom stereocenters. The highest BCUT2D eigenvalue weighted by Crippen LogP contribution is 2.44. The maximum absolute atomic E-state index is 10.9. The second-order valence-electron chi connectivity index (χ2n) is 6.40. The Morgan fingerprint density at radius 1 is 1.04 bits per heavy atom. The monoisotopic (exact) mass is 340 g/mol. The molecular weight excluding hydrogens is 318 g/mol. The second kappa shape index (κ2) is 6.55. The highest BCUT2D eigenvalue weighted by Gasteiger charge is 2.52. The van der Waals surface area contributed by atoms with Crippen LogP contribution in [0, 0.1) is 16.0 Å². The molecule has 2 aromatic carbocycles. The molecule has 1 saturated heterocycles. The standard InChI is InChI=1S/C19H22N3O3/c1-13-18(14-5-11-17(25-4)12-6-14)21(19(13)20(2)3)15-7-9-16(10-8-15)22(23)24/h5-13,18H,1-4H3/q+1. The van der Waals surface area contributed by atoms with Crippen LogP contribution in [0.25, 0.3) is 0 Å². The molecule has 25 heavy (non-hydrogen) atoms. The van der Waals surface area contributed by atoms with Crippen molar-refractivity contribution in [2.24, 2.45) is 5.92 Å². The first-order chi connectivity index (χ1) is 11.9. The minimum atomic E-state index is -0.375. The first kappa shape index (κ1) is 17.0. The molecule has 130 valence electrons. The fourth-order valence-electron chi connectivity index (χ4n) is 3.53. The Balaban J connectivity index is 1.99. The summed E-state index contributed by atoms with van der Waals surface area (Å²) in [5, 5.41) is 10.9. The summed E-state index contributed by atoms with van der Waals surface area (Å²) < 4.78 is 7.35. The molecule has 0 N–H and O–H groups in total. The SMILES string of the molecule is COc1ccc(C2C(C)C(=[N+](C)C)N2c2ccc([N+](=O)[O-])cc2)cc1. The largest absolute Gasteiger partial charge is 0.497 e. The van der Waals surface area contributed by atoms with Gasteiger partial charge in [-0.25, -0.2) is 4.90 Å². The number of benzene rings is 2. The van der Waals surface area contributed by atoms with Gasteiger partial charge in [0.1, 0.15) is 23.4 Å². The van der Waals surface area contributed by atoms with Gasteiger partial charge in [0.15, 0.2) is 0 Å². The molecule has 2 aromatic rings. The van der Waals surface area contributed by atoms with Crippen molar-refractivity contribution in [3.63, 3.8) is 0 Å². The van der Waals surface area contributed by atoms with Crippen LogP contribution in [0.2, 0.25) is 0 Å². The highest BCUT2D eigenvalue weighted by molar-refractivity contribution is 6.03. The van der Waals surface area contributed by atoms with E-state index in [-0.39, 0.29) is 16.7 Å². The first-order valence-electron chi connectivity index (χ1n) is 8.16. The van der Waals surface area contributed by atoms with Gasteiger partial charge in [0.2, 0.25) is 0 Å². The molecule has 0 aromatic heterocycles. The van der Waals surface area contributed by atoms with Crippen molar-refractivity contribution in [1.82, 2.24) is 0 Å². The third-order valence-corrected chi connectivity index (χ3v) is 4.66. The average Bonchev–Trinajstić information content (AvgIpc) is 2.60. The Morgan fingerprint density at radius 3 is 2.12 bits per heavy atom. The van der Waals surface area contributed by atoms with E-state index < -0.39 is 0 Å². The van der Waals surface area contributed by atoms with Gasteiger partial charge < -0.3 is 4.74 Å². The molecule has 0 aliphatic carbocycles. The van der Waals surface area contributed by atoms with E-state index in [2.05, 4.69) is 28.5 Å². The zero-order valence-electron chi connectivity index (χ0n) is 14.8. The molecule has 0 spiro atoms. The van der Waals surface area contributed by atoms with Crippen LogP contribution in [0.15, 0.2) is 48.5 Å². The summed E-state index contributed by atoms with van der Waals surface area (Å²) in [4.78, 5) is 12.8. The molecule has 0 radical (unpaired) electrons. The Labute approximate surface area is 147 Å². The Kier molecular flexibility index (Phi) is 4.44. The van der Waals surface area contributed by atoms with Gasteiger partial charge in [-0.2, -0.15) is 0 Å². The fraction of sp³-hybridized carbons (Fsp3) is 0.316. The lowest BCUT2D eigenvalue weighted by Crippen LogP contribution is -2.57. The van der Waals surface area contributed by atoms with Crippen molar-refractivity contribution >= 4 is 17.2 Å². The topological polar surface area (TPSA) is 58.6 Å². The van der Waals surface area contributed by atoms with Crippen molar-refractivity contribution in [1.29, 1.82) is 0 Å². The summed E-state index contributed by atoms with van der Waals surface area (Å²) in [6.45, 7) is 2.20. The van der Waals surface area contributed by atoms with Gasteiger partial charge in [-0.15, -0.1) is 0 Å². The normalized spacial score (nSPS) is 19.4. The van der Waals surface area contributed by atoms with Crippen LogP contribution < -0.4 is 9.64 Å². The van der Waals surface area contributed by atoms with E-state index >= 15 is 0 Å². The van der Waals surface area contributed by atoms with Crippen molar-refractivity contribution in [3.05, 3.63) is 64.2 Å². The molecule has 6 nitrogen and oxygen atoms in total. The summed E-state index contributed by atoms with van der Waals surface area (Å²) in [5.74, 6) is 2.36. The van der Waals surface area contributed by atoms with Gasteiger partial charge in [0.25, 0.3) is 11.5 Å². The Morgan fingerprint density at radius 2 is 1.64 bits per heavy atom. The maximum Gasteiger partial charge on any atom is 0.269 e. The molecule has 0 saturated carbocycles. The molecule has 1 fully saturated rings. The number of amidine groups is 1. The number of non-ortho nitro benzene ring substituents is 1. The van der Waals surface area contributed by atoms with Gasteiger partial charge in [-0.05, 0) is 36.8 Å². The summed E-state index contributed by atoms with van der Waals surface area (Å²) in [6.07, 6.45) is 0. The summed E-state index contributed by atoms with van der Waals surface area (Å²) in [5.41, 5.74) is 2.25. The zero-order valence-corrected chi connectivity index (χ0v) is 14.8. The minimum absolute atomic E-state index is 0.102. The number of ether oxygens (including phenoxy) is 1. The van der Waals surface area contributed by atoms with Crippen LogP contribution >= 0.6 is 0 Å². The maximum atomic E-state index is 10.9. The van der Waals surface area contributed by atoms with E-state index in [0.29, 0.717) is 5.92 Å². The van der Waals surface area contributed by atoms with Gasteiger partial charge in [0, 0.05) is 12.1 Å². The number of nitrogens with zero attached hydrogens (tertiary/aromatic N) is 3. The van der Waals surface area contributed by atoms with Crippen LogP contribution in [0.3, 0.4) is 0 Å². The minimum Gasteiger partial charge on any atom is -0.497 e. The third-order valence-electron chi connectivity index (χ3n) is 4.66. The molecule has 6 heteroatoms. The predicted octanol–water partition coefficient (Wildman–Crippen LogP) is 3.47. The quantitative estimate of drug-likeness (QED) is 0.486. The van der Waals surface area contributed by atoms with E-state index in [9.17, 15) is 10.1 Å². The molecule has 1 aliphatic heterocycles. The number of hydrogen-bond donors (Lipinski definition) is 0. The van der Waals surface area contributed by atoms with E-state index in [1.165, 1.54) is 11.4 Å². The lowest BCUT2D eigenvalue weighted by Gasteiger charge is -2.42. The van der Waals surface area contributed by atoms with Crippen LogP contribution in [0.1, 0.15) is 18.5 Å². The molecule has 3 rings (SSSR count). The molecule has 0 bridgehead atoms. The lowest BCUT2D eigenvalue weighted by molar-refractivity contribution is -0.470. The Bertz CT molecular complexity index is 809. The van der Waals surface area contributed by atoms with Crippen LogP contribution in [0.5, 0.6) is 5.75 Å². The van der Waals surface area contributed by atoms with E-state index in [1.807, 2.05) is 38.4 Å². The molecule has 0 amide bonds. The number of rotatable bonds is 4. The van der Waals surface area contributed by atoms with Crippen molar-refractivity contribution in [3.8, 4) is 5.75 Å². The number of methoxy groups -OCH3 is 1. The fourth-order valence-corrected chi connectivity index (χ4v) is 3.53.